The summed E-state index contributed by atoms with van der Waals surface area (Å²) in [6.45, 7) is 5.01. The molecule has 0 aromatic heterocycles. The first-order valence-electron chi connectivity index (χ1n) is 8.10. The van der Waals surface area contributed by atoms with Crippen LogP contribution in [0.3, 0.4) is 0 Å². The fraction of sp³-hybridized carbons (Fsp3) is 0.875. The Kier molecular flexibility index (Phi) is 5.25. The maximum absolute atomic E-state index is 12.1. The Balaban J connectivity index is 1.72. The van der Waals surface area contributed by atoms with Crippen molar-refractivity contribution in [1.82, 2.24) is 5.32 Å². The maximum atomic E-state index is 12.1. The predicted octanol–water partition coefficient (Wildman–Crippen LogP) is 1.74. The van der Waals surface area contributed by atoms with Crippen LogP contribution >= 0.6 is 0 Å². The van der Waals surface area contributed by atoms with Crippen LogP contribution in [-0.4, -0.2) is 30.6 Å². The van der Waals surface area contributed by atoms with Gasteiger partial charge in [-0.2, -0.15) is 0 Å². The molecule has 2 amide bonds. The molecule has 1 aliphatic heterocycles. The number of primary amides is 1. The summed E-state index contributed by atoms with van der Waals surface area (Å²) in [5.74, 6) is 0.156. The largest absolute Gasteiger partial charge is 0.367 e. The predicted molar refractivity (Wildman–Crippen MR) is 80.5 cm³/mol. The zero-order chi connectivity index (χ0) is 15.5. The first-order valence-corrected chi connectivity index (χ1v) is 8.10. The van der Waals surface area contributed by atoms with Crippen LogP contribution in [0.5, 0.6) is 0 Å². The highest BCUT2D eigenvalue weighted by atomic mass is 16.5. The minimum absolute atomic E-state index is 0.0779. The number of carbonyl (C=O) groups excluding carboxylic acids is 2. The first-order chi connectivity index (χ1) is 9.88. The average Bonchev–Trinajstić information content (AvgIpc) is 2.88. The van der Waals surface area contributed by atoms with E-state index in [0.717, 1.165) is 12.8 Å². The molecule has 1 aliphatic carbocycles. The van der Waals surface area contributed by atoms with Crippen LogP contribution in [0.4, 0.5) is 0 Å². The van der Waals surface area contributed by atoms with Crippen molar-refractivity contribution in [3.8, 4) is 0 Å². The van der Waals surface area contributed by atoms with Gasteiger partial charge in [-0.1, -0.05) is 26.7 Å². The van der Waals surface area contributed by atoms with Crippen LogP contribution in [0, 0.1) is 11.3 Å². The van der Waals surface area contributed by atoms with E-state index in [1.807, 2.05) is 0 Å². The van der Waals surface area contributed by atoms with Crippen LogP contribution in [-0.2, 0) is 14.3 Å². The van der Waals surface area contributed by atoms with Crippen LogP contribution in [0.1, 0.15) is 58.8 Å². The molecular weight excluding hydrogens is 268 g/mol. The molecule has 0 spiro atoms. The highest BCUT2D eigenvalue weighted by Gasteiger charge is 2.34. The Bertz CT molecular complexity index is 395. The Labute approximate surface area is 127 Å². The molecule has 2 fully saturated rings. The van der Waals surface area contributed by atoms with Gasteiger partial charge in [0.05, 0.1) is 6.10 Å². The van der Waals surface area contributed by atoms with Crippen LogP contribution in [0.2, 0.25) is 0 Å². The normalized spacial score (nSPS) is 31.8. The molecule has 120 valence electrons. The van der Waals surface area contributed by atoms with Gasteiger partial charge >= 0.3 is 0 Å². The van der Waals surface area contributed by atoms with Crippen molar-refractivity contribution in [3.63, 3.8) is 0 Å². The lowest BCUT2D eigenvalue weighted by atomic mass is 9.67. The molecule has 5 nitrogen and oxygen atoms in total. The van der Waals surface area contributed by atoms with Gasteiger partial charge in [0.2, 0.25) is 11.8 Å². The summed E-state index contributed by atoms with van der Waals surface area (Å²) < 4.78 is 5.51. The molecule has 3 N–H and O–H groups in total. The van der Waals surface area contributed by atoms with Crippen molar-refractivity contribution < 1.29 is 14.3 Å². The Morgan fingerprint density at radius 1 is 1.24 bits per heavy atom. The van der Waals surface area contributed by atoms with E-state index in [1.54, 1.807) is 0 Å². The molecule has 0 aromatic carbocycles. The summed E-state index contributed by atoms with van der Waals surface area (Å²) in [6, 6.07) is 0. The van der Waals surface area contributed by atoms with E-state index in [2.05, 4.69) is 19.2 Å². The van der Waals surface area contributed by atoms with Gasteiger partial charge in [0.1, 0.15) is 6.10 Å². The molecule has 5 heteroatoms. The van der Waals surface area contributed by atoms with Gasteiger partial charge in [-0.05, 0) is 37.0 Å². The number of nitrogens with two attached hydrogens (primary N) is 1. The van der Waals surface area contributed by atoms with Crippen LogP contribution in [0.25, 0.3) is 0 Å². The van der Waals surface area contributed by atoms with Crippen LogP contribution in [0.15, 0.2) is 0 Å². The third kappa shape index (κ3) is 4.43. The lowest BCUT2D eigenvalue weighted by Crippen LogP contribution is -2.37. The fourth-order valence-corrected chi connectivity index (χ4v) is 3.53. The summed E-state index contributed by atoms with van der Waals surface area (Å²) in [6.07, 6.45) is 6.33. The number of carbonyl (C=O) groups is 2. The molecule has 1 heterocycles. The molecule has 3 atom stereocenters. The standard InChI is InChI=1S/C16H28N2O3/c1-16(2)8-4-3-5-11(16)9-14(19)18-10-12-6-7-13(21-12)15(17)20/h11-13H,3-10H2,1-2H3,(H2,17,20)(H,18,19). The van der Waals surface area contributed by atoms with E-state index in [9.17, 15) is 9.59 Å². The summed E-state index contributed by atoms with van der Waals surface area (Å²) in [7, 11) is 0. The average molecular weight is 296 g/mol. The lowest BCUT2D eigenvalue weighted by molar-refractivity contribution is -0.129. The molecule has 21 heavy (non-hydrogen) atoms. The third-order valence-electron chi connectivity index (χ3n) is 5.11. The maximum Gasteiger partial charge on any atom is 0.246 e. The second-order valence-corrected chi connectivity index (χ2v) is 7.17. The number of nitrogens with one attached hydrogen (secondary N) is 1. The molecule has 2 aliphatic rings. The fourth-order valence-electron chi connectivity index (χ4n) is 3.53. The van der Waals surface area contributed by atoms with Crippen molar-refractivity contribution in [1.29, 1.82) is 0 Å². The molecule has 1 saturated heterocycles. The van der Waals surface area contributed by atoms with E-state index < -0.39 is 12.0 Å². The van der Waals surface area contributed by atoms with Gasteiger partial charge in [0.15, 0.2) is 0 Å². The molecular formula is C16H28N2O3. The topological polar surface area (TPSA) is 81.4 Å². The zero-order valence-corrected chi connectivity index (χ0v) is 13.2. The quantitative estimate of drug-likeness (QED) is 0.811. The van der Waals surface area contributed by atoms with Gasteiger partial charge in [0, 0.05) is 13.0 Å². The van der Waals surface area contributed by atoms with Crippen molar-refractivity contribution >= 4 is 11.8 Å². The van der Waals surface area contributed by atoms with Gasteiger partial charge < -0.3 is 15.8 Å². The van der Waals surface area contributed by atoms with Crippen molar-refractivity contribution in [3.05, 3.63) is 0 Å². The second kappa shape index (κ2) is 6.77. The van der Waals surface area contributed by atoms with Gasteiger partial charge in [0.25, 0.3) is 0 Å². The van der Waals surface area contributed by atoms with Gasteiger partial charge in [-0.3, -0.25) is 9.59 Å². The third-order valence-corrected chi connectivity index (χ3v) is 5.11. The molecule has 2 rings (SSSR count). The first kappa shape index (κ1) is 16.3. The minimum atomic E-state index is -0.482. The van der Waals surface area contributed by atoms with E-state index in [1.165, 1.54) is 19.3 Å². The minimum Gasteiger partial charge on any atom is -0.367 e. The van der Waals surface area contributed by atoms with Crippen molar-refractivity contribution in [2.45, 2.75) is 71.0 Å². The molecule has 3 unspecified atom stereocenters. The van der Waals surface area contributed by atoms with Gasteiger partial charge in [-0.25, -0.2) is 0 Å². The number of hydrogen-bond donors (Lipinski definition) is 2. The SMILES string of the molecule is CC1(C)CCCCC1CC(=O)NCC1CCC(C(N)=O)O1. The number of amides is 2. The molecule has 0 aromatic rings. The van der Waals surface area contributed by atoms with E-state index in [4.69, 9.17) is 10.5 Å². The number of rotatable bonds is 5. The Morgan fingerprint density at radius 3 is 2.62 bits per heavy atom. The summed E-state index contributed by atoms with van der Waals surface area (Å²) in [5.41, 5.74) is 5.48. The Morgan fingerprint density at radius 2 is 2.00 bits per heavy atom. The van der Waals surface area contributed by atoms with Crippen molar-refractivity contribution in [2.75, 3.05) is 6.54 Å². The Hall–Kier alpha value is -1.10. The van der Waals surface area contributed by atoms with E-state index in [-0.39, 0.29) is 17.4 Å². The molecule has 0 radical (unpaired) electrons. The summed E-state index contributed by atoms with van der Waals surface area (Å²) in [4.78, 5) is 23.1. The highest BCUT2D eigenvalue weighted by Crippen LogP contribution is 2.42. The van der Waals surface area contributed by atoms with Crippen molar-refractivity contribution in [2.24, 2.45) is 17.1 Å². The number of hydrogen-bond acceptors (Lipinski definition) is 3. The summed E-state index contributed by atoms with van der Waals surface area (Å²) in [5, 5.41) is 2.95. The lowest BCUT2D eigenvalue weighted by Gasteiger charge is -2.38. The summed E-state index contributed by atoms with van der Waals surface area (Å²) >= 11 is 0. The van der Waals surface area contributed by atoms with E-state index in [0.29, 0.717) is 25.3 Å². The molecule has 0 bridgehead atoms. The monoisotopic (exact) mass is 296 g/mol. The van der Waals surface area contributed by atoms with Gasteiger partial charge in [-0.15, -0.1) is 0 Å². The molecule has 1 saturated carbocycles. The highest BCUT2D eigenvalue weighted by molar-refractivity contribution is 5.79. The van der Waals surface area contributed by atoms with E-state index >= 15 is 0 Å². The second-order valence-electron chi connectivity index (χ2n) is 7.17. The zero-order valence-electron chi connectivity index (χ0n) is 13.2. The van der Waals surface area contributed by atoms with Crippen LogP contribution < -0.4 is 11.1 Å². The smallest absolute Gasteiger partial charge is 0.246 e. The number of ether oxygens (including phenoxy) is 1.